The number of halogens is 4. The highest BCUT2D eigenvalue weighted by Gasteiger charge is 2.12. The molecule has 0 spiro atoms. The highest BCUT2D eigenvalue weighted by atomic mass is 35.5. The van der Waals surface area contributed by atoms with Gasteiger partial charge in [-0.2, -0.15) is 0 Å². The normalized spacial score (nSPS) is 10.5. The van der Waals surface area contributed by atoms with E-state index < -0.39 is 17.5 Å². The third-order valence-corrected chi connectivity index (χ3v) is 2.12. The van der Waals surface area contributed by atoms with E-state index >= 15 is 0 Å². The van der Waals surface area contributed by atoms with Crippen molar-refractivity contribution in [3.63, 3.8) is 0 Å². The van der Waals surface area contributed by atoms with Crippen LogP contribution in [0.2, 0.25) is 5.15 Å². The first-order valence-corrected chi connectivity index (χ1v) is 4.60. The molecular weight excluding hydrogens is 241 g/mol. The molecule has 0 saturated heterocycles. The summed E-state index contributed by atoms with van der Waals surface area (Å²) in [4.78, 5) is 0. The van der Waals surface area contributed by atoms with Gasteiger partial charge in [-0.05, 0) is 18.2 Å². The van der Waals surface area contributed by atoms with E-state index in [1.807, 2.05) is 0 Å². The average Bonchev–Trinajstić information content (AvgIpc) is 2.25. The van der Waals surface area contributed by atoms with Gasteiger partial charge in [0.05, 0.1) is 5.69 Å². The van der Waals surface area contributed by atoms with Gasteiger partial charge in [-0.3, -0.25) is 0 Å². The van der Waals surface area contributed by atoms with Crippen LogP contribution in [0.15, 0.2) is 24.3 Å². The molecule has 0 saturated carbocycles. The zero-order chi connectivity index (χ0) is 11.7. The fourth-order valence-corrected chi connectivity index (χ4v) is 1.28. The lowest BCUT2D eigenvalue weighted by Gasteiger charge is -2.02. The molecule has 2 nitrogen and oxygen atoms in total. The summed E-state index contributed by atoms with van der Waals surface area (Å²) < 4.78 is 38.9. The predicted molar refractivity (Wildman–Crippen MR) is 52.4 cm³/mol. The second-order valence-electron chi connectivity index (χ2n) is 2.99. The molecule has 82 valence electrons. The minimum atomic E-state index is -1.25. The van der Waals surface area contributed by atoms with Crippen molar-refractivity contribution < 1.29 is 13.2 Å². The molecule has 6 heteroatoms. The quantitative estimate of drug-likeness (QED) is 0.720. The Morgan fingerprint density at radius 3 is 2.19 bits per heavy atom. The van der Waals surface area contributed by atoms with Crippen molar-refractivity contribution in [2.75, 3.05) is 0 Å². The molecule has 0 bridgehead atoms. The monoisotopic (exact) mass is 244 g/mol. The van der Waals surface area contributed by atoms with E-state index in [4.69, 9.17) is 11.6 Å². The van der Waals surface area contributed by atoms with Crippen LogP contribution in [0.25, 0.3) is 11.3 Å². The number of rotatable bonds is 1. The van der Waals surface area contributed by atoms with Crippen LogP contribution in [0.5, 0.6) is 0 Å². The molecule has 2 rings (SSSR count). The number of nitrogens with zero attached hydrogens (tertiary/aromatic N) is 2. The topological polar surface area (TPSA) is 25.8 Å². The second-order valence-corrected chi connectivity index (χ2v) is 3.37. The molecule has 1 aromatic carbocycles. The Balaban J connectivity index is 2.56. The summed E-state index contributed by atoms with van der Waals surface area (Å²) >= 11 is 5.49. The third kappa shape index (κ3) is 1.99. The van der Waals surface area contributed by atoms with Crippen molar-refractivity contribution in [1.29, 1.82) is 0 Å². The van der Waals surface area contributed by atoms with Gasteiger partial charge < -0.3 is 0 Å². The Labute approximate surface area is 93.7 Å². The van der Waals surface area contributed by atoms with E-state index in [2.05, 4.69) is 10.2 Å². The lowest BCUT2D eigenvalue weighted by Crippen LogP contribution is -1.94. The maximum absolute atomic E-state index is 13.3. The Hall–Kier alpha value is -1.62. The maximum Gasteiger partial charge on any atom is 0.161 e. The van der Waals surface area contributed by atoms with Gasteiger partial charge in [0.15, 0.2) is 16.8 Å². The van der Waals surface area contributed by atoms with Crippen LogP contribution in [0, 0.1) is 17.5 Å². The number of hydrogen-bond donors (Lipinski definition) is 0. The maximum atomic E-state index is 13.3. The molecule has 0 atom stereocenters. The molecule has 0 aliphatic heterocycles. The first kappa shape index (κ1) is 10.9. The molecule has 1 heterocycles. The molecule has 2 aromatic rings. The van der Waals surface area contributed by atoms with Gasteiger partial charge in [0, 0.05) is 11.6 Å². The van der Waals surface area contributed by atoms with Gasteiger partial charge in [0.2, 0.25) is 0 Å². The van der Waals surface area contributed by atoms with Gasteiger partial charge in [0.1, 0.15) is 5.82 Å². The van der Waals surface area contributed by atoms with Gasteiger partial charge >= 0.3 is 0 Å². The summed E-state index contributed by atoms with van der Waals surface area (Å²) in [5.74, 6) is -3.30. The summed E-state index contributed by atoms with van der Waals surface area (Å²) in [6.07, 6.45) is 0. The molecule has 16 heavy (non-hydrogen) atoms. The lowest BCUT2D eigenvalue weighted by molar-refractivity contribution is 0.496. The summed E-state index contributed by atoms with van der Waals surface area (Å²) in [7, 11) is 0. The molecule has 0 amide bonds. The highest BCUT2D eigenvalue weighted by molar-refractivity contribution is 6.29. The fourth-order valence-electron chi connectivity index (χ4n) is 1.18. The van der Waals surface area contributed by atoms with Crippen LogP contribution < -0.4 is 0 Å². The van der Waals surface area contributed by atoms with E-state index in [0.29, 0.717) is 6.07 Å². The van der Waals surface area contributed by atoms with Crippen LogP contribution in [0.4, 0.5) is 13.2 Å². The minimum absolute atomic E-state index is 0.0841. The minimum Gasteiger partial charge on any atom is -0.206 e. The average molecular weight is 245 g/mol. The Morgan fingerprint density at radius 2 is 1.56 bits per heavy atom. The molecule has 1 aromatic heterocycles. The SMILES string of the molecule is Fc1cc(F)c(-c2ccc(Cl)nn2)cc1F. The number of benzene rings is 1. The van der Waals surface area contributed by atoms with Crippen molar-refractivity contribution in [3.8, 4) is 11.3 Å². The van der Waals surface area contributed by atoms with Gasteiger partial charge in [-0.15, -0.1) is 10.2 Å². The first-order valence-electron chi connectivity index (χ1n) is 4.22. The Bertz CT molecular complexity index is 528. The Morgan fingerprint density at radius 1 is 0.875 bits per heavy atom. The lowest BCUT2D eigenvalue weighted by atomic mass is 10.1. The van der Waals surface area contributed by atoms with Crippen LogP contribution in [-0.2, 0) is 0 Å². The number of hydrogen-bond acceptors (Lipinski definition) is 2. The van der Waals surface area contributed by atoms with Crippen LogP contribution in [0.1, 0.15) is 0 Å². The standard InChI is InChI=1S/C10H4ClF3N2/c11-10-2-1-9(15-16-10)5-3-7(13)8(14)4-6(5)12/h1-4H. The Kier molecular flexibility index (Phi) is 2.78. The fraction of sp³-hybridized carbons (Fsp3) is 0. The van der Waals surface area contributed by atoms with E-state index in [-0.39, 0.29) is 16.4 Å². The van der Waals surface area contributed by atoms with Crippen LogP contribution in [-0.4, -0.2) is 10.2 Å². The molecule has 0 aliphatic rings. The second kappa shape index (κ2) is 4.09. The van der Waals surface area contributed by atoms with Gasteiger partial charge in [-0.1, -0.05) is 11.6 Å². The van der Waals surface area contributed by atoms with E-state index in [1.54, 1.807) is 0 Å². The van der Waals surface area contributed by atoms with Gasteiger partial charge in [0.25, 0.3) is 0 Å². The third-order valence-electron chi connectivity index (χ3n) is 1.92. The van der Waals surface area contributed by atoms with Crippen molar-refractivity contribution in [2.45, 2.75) is 0 Å². The summed E-state index contributed by atoms with van der Waals surface area (Å²) in [6, 6.07) is 3.93. The largest absolute Gasteiger partial charge is 0.206 e. The highest BCUT2D eigenvalue weighted by Crippen LogP contribution is 2.23. The number of aromatic nitrogens is 2. The summed E-state index contributed by atoms with van der Waals surface area (Å²) in [6.45, 7) is 0. The smallest absolute Gasteiger partial charge is 0.161 e. The molecule has 0 fully saturated rings. The zero-order valence-electron chi connectivity index (χ0n) is 7.72. The van der Waals surface area contributed by atoms with Crippen molar-refractivity contribution >= 4 is 11.6 Å². The van der Waals surface area contributed by atoms with Crippen LogP contribution in [0.3, 0.4) is 0 Å². The van der Waals surface area contributed by atoms with E-state index in [1.165, 1.54) is 12.1 Å². The van der Waals surface area contributed by atoms with E-state index in [9.17, 15) is 13.2 Å². The summed E-state index contributed by atoms with van der Waals surface area (Å²) in [5.41, 5.74) is -0.0798. The summed E-state index contributed by atoms with van der Waals surface area (Å²) in [5, 5.41) is 7.18. The molecule has 0 radical (unpaired) electrons. The van der Waals surface area contributed by atoms with E-state index in [0.717, 1.165) is 6.07 Å². The first-order chi connectivity index (χ1) is 7.58. The molecule has 0 aliphatic carbocycles. The molecule has 0 N–H and O–H groups in total. The van der Waals surface area contributed by atoms with Crippen molar-refractivity contribution in [2.24, 2.45) is 0 Å². The van der Waals surface area contributed by atoms with Crippen molar-refractivity contribution in [3.05, 3.63) is 46.9 Å². The zero-order valence-corrected chi connectivity index (χ0v) is 8.47. The van der Waals surface area contributed by atoms with Crippen LogP contribution >= 0.6 is 11.6 Å². The van der Waals surface area contributed by atoms with Gasteiger partial charge in [-0.25, -0.2) is 13.2 Å². The molecular formula is C10H4ClF3N2. The molecule has 0 unspecified atom stereocenters. The predicted octanol–water partition coefficient (Wildman–Crippen LogP) is 3.21. The van der Waals surface area contributed by atoms with Crippen molar-refractivity contribution in [1.82, 2.24) is 10.2 Å².